The summed E-state index contributed by atoms with van der Waals surface area (Å²) in [7, 11) is 0. The fourth-order valence-corrected chi connectivity index (χ4v) is 3.95. The maximum atomic E-state index is 8.89. The molecular weight excluding hydrogens is 248 g/mol. The van der Waals surface area contributed by atoms with Crippen LogP contribution in [-0.2, 0) is 6.54 Å². The molecule has 3 rings (SSSR count). The Balaban J connectivity index is 1.51. The molecule has 20 heavy (non-hydrogen) atoms. The number of hydrogen-bond donors (Lipinski definition) is 2. The van der Waals surface area contributed by atoms with Gasteiger partial charge >= 0.3 is 0 Å². The Morgan fingerprint density at radius 2 is 2.00 bits per heavy atom. The molecule has 0 radical (unpaired) electrons. The normalized spacial score (nSPS) is 29.8. The van der Waals surface area contributed by atoms with E-state index in [0.29, 0.717) is 12.6 Å². The van der Waals surface area contributed by atoms with Crippen molar-refractivity contribution in [1.82, 2.24) is 10.2 Å². The molecule has 0 amide bonds. The van der Waals surface area contributed by atoms with Gasteiger partial charge in [-0.1, -0.05) is 30.3 Å². The highest BCUT2D eigenvalue weighted by Gasteiger charge is 2.41. The van der Waals surface area contributed by atoms with Crippen molar-refractivity contribution < 1.29 is 5.11 Å². The smallest absolute Gasteiger partial charge is 0.0443 e. The molecule has 3 atom stereocenters. The van der Waals surface area contributed by atoms with Gasteiger partial charge in [0.15, 0.2) is 0 Å². The van der Waals surface area contributed by atoms with E-state index in [2.05, 4.69) is 40.5 Å². The van der Waals surface area contributed by atoms with Crippen LogP contribution >= 0.6 is 0 Å². The van der Waals surface area contributed by atoms with Crippen molar-refractivity contribution >= 4 is 0 Å². The number of likely N-dealkylation sites (tertiary alicyclic amines) is 1. The van der Waals surface area contributed by atoms with E-state index < -0.39 is 0 Å². The quantitative estimate of drug-likeness (QED) is 0.777. The highest BCUT2D eigenvalue weighted by molar-refractivity contribution is 5.15. The van der Waals surface area contributed by atoms with Crippen LogP contribution in [0.4, 0.5) is 0 Å². The number of fused-ring (bicyclic) bond motifs is 1. The molecule has 1 aliphatic heterocycles. The second-order valence-corrected chi connectivity index (χ2v) is 6.32. The van der Waals surface area contributed by atoms with Crippen LogP contribution in [-0.4, -0.2) is 42.3 Å². The number of aliphatic hydroxyl groups excluding tert-OH is 1. The van der Waals surface area contributed by atoms with Gasteiger partial charge in [-0.2, -0.15) is 0 Å². The molecule has 2 fully saturated rings. The van der Waals surface area contributed by atoms with Gasteiger partial charge in [0.1, 0.15) is 0 Å². The minimum Gasteiger partial charge on any atom is -0.396 e. The van der Waals surface area contributed by atoms with Crippen LogP contribution in [0.5, 0.6) is 0 Å². The van der Waals surface area contributed by atoms with Gasteiger partial charge in [-0.25, -0.2) is 0 Å². The molecule has 0 aromatic heterocycles. The lowest BCUT2D eigenvalue weighted by Crippen LogP contribution is -2.36. The van der Waals surface area contributed by atoms with Crippen LogP contribution in [0, 0.1) is 11.8 Å². The van der Waals surface area contributed by atoms with E-state index in [1.807, 2.05) is 0 Å². The predicted octanol–water partition coefficient (Wildman–Crippen LogP) is 1.87. The fourth-order valence-electron chi connectivity index (χ4n) is 3.95. The lowest BCUT2D eigenvalue weighted by molar-refractivity contribution is 0.270. The van der Waals surface area contributed by atoms with Crippen molar-refractivity contribution in [3.63, 3.8) is 0 Å². The molecule has 0 spiro atoms. The molecule has 1 aromatic rings. The van der Waals surface area contributed by atoms with Gasteiger partial charge in [0, 0.05) is 32.3 Å². The number of nitrogens with one attached hydrogen (secondary N) is 1. The van der Waals surface area contributed by atoms with Crippen LogP contribution < -0.4 is 5.32 Å². The monoisotopic (exact) mass is 274 g/mol. The summed E-state index contributed by atoms with van der Waals surface area (Å²) in [6, 6.07) is 11.5. The molecule has 1 saturated heterocycles. The van der Waals surface area contributed by atoms with Crippen LogP contribution in [0.15, 0.2) is 30.3 Å². The summed E-state index contributed by atoms with van der Waals surface area (Å²) in [5.41, 5.74) is 1.43. The lowest BCUT2D eigenvalue weighted by Gasteiger charge is -2.21. The Labute approximate surface area is 122 Å². The van der Waals surface area contributed by atoms with Gasteiger partial charge in [-0.15, -0.1) is 0 Å². The maximum absolute atomic E-state index is 8.89. The predicted molar refractivity (Wildman–Crippen MR) is 81.4 cm³/mol. The van der Waals surface area contributed by atoms with Crippen LogP contribution in [0.25, 0.3) is 0 Å². The molecule has 3 unspecified atom stereocenters. The van der Waals surface area contributed by atoms with E-state index in [4.69, 9.17) is 5.11 Å². The highest BCUT2D eigenvalue weighted by Crippen LogP contribution is 2.38. The zero-order valence-corrected chi connectivity index (χ0v) is 12.2. The molecule has 110 valence electrons. The summed E-state index contributed by atoms with van der Waals surface area (Å²) < 4.78 is 0. The first-order valence-corrected chi connectivity index (χ1v) is 7.97. The minimum atomic E-state index is 0.300. The van der Waals surface area contributed by atoms with Crippen LogP contribution in [0.2, 0.25) is 0 Å². The summed E-state index contributed by atoms with van der Waals surface area (Å²) >= 11 is 0. The van der Waals surface area contributed by atoms with Gasteiger partial charge in [-0.3, -0.25) is 4.90 Å². The van der Waals surface area contributed by atoms with Gasteiger partial charge in [0.05, 0.1) is 0 Å². The SMILES string of the molecule is OCCCNC1CCC2CN(Cc3ccccc3)CC21. The topological polar surface area (TPSA) is 35.5 Å². The number of aliphatic hydroxyl groups is 1. The third-order valence-electron chi connectivity index (χ3n) is 4.92. The second-order valence-electron chi connectivity index (χ2n) is 6.32. The summed E-state index contributed by atoms with van der Waals surface area (Å²) in [6.45, 7) is 4.85. The minimum absolute atomic E-state index is 0.300. The summed E-state index contributed by atoms with van der Waals surface area (Å²) in [6.07, 6.45) is 3.56. The van der Waals surface area contributed by atoms with Crippen molar-refractivity contribution in [2.24, 2.45) is 11.8 Å². The fraction of sp³-hybridized carbons (Fsp3) is 0.647. The lowest BCUT2D eigenvalue weighted by atomic mass is 9.98. The van der Waals surface area contributed by atoms with Gasteiger partial charge in [-0.05, 0) is 43.2 Å². The van der Waals surface area contributed by atoms with Gasteiger partial charge in [0.25, 0.3) is 0 Å². The molecule has 1 aliphatic carbocycles. The largest absolute Gasteiger partial charge is 0.396 e. The van der Waals surface area contributed by atoms with E-state index in [0.717, 1.165) is 31.3 Å². The third kappa shape index (κ3) is 3.22. The highest BCUT2D eigenvalue weighted by atomic mass is 16.3. The first-order valence-electron chi connectivity index (χ1n) is 7.97. The molecule has 3 heteroatoms. The van der Waals surface area contributed by atoms with Crippen molar-refractivity contribution in [2.45, 2.75) is 31.8 Å². The first-order chi connectivity index (χ1) is 9.86. The average Bonchev–Trinajstić information content (AvgIpc) is 3.01. The number of nitrogens with zero attached hydrogens (tertiary/aromatic N) is 1. The van der Waals surface area contributed by atoms with Gasteiger partial charge in [0.2, 0.25) is 0 Å². The Hall–Kier alpha value is -0.900. The van der Waals surface area contributed by atoms with Crippen molar-refractivity contribution in [3.05, 3.63) is 35.9 Å². The zero-order valence-electron chi connectivity index (χ0n) is 12.2. The Bertz CT molecular complexity index is 409. The maximum Gasteiger partial charge on any atom is 0.0443 e. The van der Waals surface area contributed by atoms with E-state index in [9.17, 15) is 0 Å². The Morgan fingerprint density at radius 1 is 1.15 bits per heavy atom. The average molecular weight is 274 g/mol. The second kappa shape index (κ2) is 6.70. The molecule has 2 aliphatic rings. The molecule has 1 saturated carbocycles. The zero-order chi connectivity index (χ0) is 13.8. The summed E-state index contributed by atoms with van der Waals surface area (Å²) in [5, 5.41) is 12.5. The van der Waals surface area contributed by atoms with E-state index in [1.165, 1.54) is 31.5 Å². The molecular formula is C17H26N2O. The number of rotatable bonds is 6. The van der Waals surface area contributed by atoms with E-state index >= 15 is 0 Å². The third-order valence-corrected chi connectivity index (χ3v) is 4.92. The Morgan fingerprint density at radius 3 is 2.80 bits per heavy atom. The molecule has 0 bridgehead atoms. The standard InChI is InChI=1S/C17H26N2O/c20-10-4-9-18-17-8-7-15-12-19(13-16(15)17)11-14-5-2-1-3-6-14/h1-3,5-6,15-18,20H,4,7-13H2. The summed E-state index contributed by atoms with van der Waals surface area (Å²) in [4.78, 5) is 2.62. The molecule has 3 nitrogen and oxygen atoms in total. The van der Waals surface area contributed by atoms with Crippen molar-refractivity contribution in [3.8, 4) is 0 Å². The van der Waals surface area contributed by atoms with Gasteiger partial charge < -0.3 is 10.4 Å². The van der Waals surface area contributed by atoms with Crippen molar-refractivity contribution in [1.29, 1.82) is 0 Å². The van der Waals surface area contributed by atoms with E-state index in [1.54, 1.807) is 0 Å². The molecule has 2 N–H and O–H groups in total. The molecule has 1 aromatic carbocycles. The van der Waals surface area contributed by atoms with Crippen LogP contribution in [0.1, 0.15) is 24.8 Å². The first kappa shape index (κ1) is 14.1. The number of benzene rings is 1. The van der Waals surface area contributed by atoms with E-state index in [-0.39, 0.29) is 0 Å². The molecule has 1 heterocycles. The Kier molecular flexibility index (Phi) is 4.71. The summed E-state index contributed by atoms with van der Waals surface area (Å²) in [5.74, 6) is 1.70. The number of hydrogen-bond acceptors (Lipinski definition) is 3. The van der Waals surface area contributed by atoms with Crippen molar-refractivity contribution in [2.75, 3.05) is 26.2 Å². The van der Waals surface area contributed by atoms with Crippen LogP contribution in [0.3, 0.4) is 0 Å².